The first-order valence-corrected chi connectivity index (χ1v) is 7.35. The van der Waals surface area contributed by atoms with E-state index < -0.39 is 10.0 Å². The highest BCUT2D eigenvalue weighted by Gasteiger charge is 2.22. The van der Waals surface area contributed by atoms with E-state index in [1.165, 1.54) is 16.6 Å². The van der Waals surface area contributed by atoms with Crippen molar-refractivity contribution in [2.45, 2.75) is 18.7 Å². The van der Waals surface area contributed by atoms with Gasteiger partial charge in [-0.15, -0.1) is 0 Å². The lowest BCUT2D eigenvalue weighted by atomic mass is 10.5. The van der Waals surface area contributed by atoms with Crippen LogP contribution in [-0.4, -0.2) is 30.8 Å². The number of sulfonamides is 1. The molecule has 1 aromatic heterocycles. The minimum Gasteiger partial charge on any atom is -0.242 e. The van der Waals surface area contributed by atoms with Crippen molar-refractivity contribution in [3.8, 4) is 0 Å². The number of hydrogen-bond acceptors (Lipinski definition) is 3. The molecule has 0 saturated heterocycles. The molecule has 0 atom stereocenters. The Morgan fingerprint density at radius 3 is 2.44 bits per heavy atom. The molecule has 7 heteroatoms. The Hall–Kier alpha value is -0.170. The quantitative estimate of drug-likeness (QED) is 0.799. The molecule has 16 heavy (non-hydrogen) atoms. The van der Waals surface area contributed by atoms with E-state index in [-0.39, 0.29) is 10.0 Å². The van der Waals surface area contributed by atoms with E-state index in [0.29, 0.717) is 17.6 Å². The summed E-state index contributed by atoms with van der Waals surface area (Å²) in [4.78, 5) is 3.95. The minimum atomic E-state index is -3.46. The molecule has 1 heterocycles. The van der Waals surface area contributed by atoms with Gasteiger partial charge in [0.25, 0.3) is 0 Å². The molecule has 0 spiro atoms. The van der Waals surface area contributed by atoms with Crippen molar-refractivity contribution in [1.29, 1.82) is 0 Å². The van der Waals surface area contributed by atoms with Gasteiger partial charge in [0.15, 0.2) is 0 Å². The zero-order valence-corrected chi connectivity index (χ0v) is 12.1. The molecule has 90 valence electrons. The summed E-state index contributed by atoms with van der Waals surface area (Å²) >= 11 is 8.87. The van der Waals surface area contributed by atoms with Crippen molar-refractivity contribution in [2.24, 2.45) is 0 Å². The first-order valence-electron chi connectivity index (χ1n) is 4.74. The van der Waals surface area contributed by atoms with E-state index in [1.807, 2.05) is 0 Å². The summed E-state index contributed by atoms with van der Waals surface area (Å²) in [6.07, 6.45) is 1.26. The summed E-state index contributed by atoms with van der Waals surface area (Å²) in [7, 11) is -3.46. The number of aromatic nitrogens is 1. The number of nitrogens with zero attached hydrogens (tertiary/aromatic N) is 2. The molecular weight excluding hydrogens is 316 g/mol. The Morgan fingerprint density at radius 2 is 2.00 bits per heavy atom. The Labute approximate surface area is 109 Å². The van der Waals surface area contributed by atoms with Crippen LogP contribution in [0.25, 0.3) is 0 Å². The first-order chi connectivity index (χ1) is 7.43. The predicted molar refractivity (Wildman–Crippen MR) is 67.1 cm³/mol. The Kier molecular flexibility index (Phi) is 4.73. The van der Waals surface area contributed by atoms with E-state index in [2.05, 4.69) is 20.9 Å². The van der Waals surface area contributed by atoms with Gasteiger partial charge in [0, 0.05) is 19.3 Å². The lowest BCUT2D eigenvalue weighted by Gasteiger charge is -2.18. The predicted octanol–water partition coefficient (Wildman–Crippen LogP) is 2.53. The zero-order valence-electron chi connectivity index (χ0n) is 8.94. The summed E-state index contributed by atoms with van der Waals surface area (Å²) in [6, 6.07) is 1.46. The third kappa shape index (κ3) is 2.74. The van der Waals surface area contributed by atoms with Crippen molar-refractivity contribution in [3.05, 3.63) is 21.9 Å². The van der Waals surface area contributed by atoms with Crippen LogP contribution in [0.4, 0.5) is 0 Å². The Morgan fingerprint density at radius 1 is 1.44 bits per heavy atom. The van der Waals surface area contributed by atoms with Gasteiger partial charge in [-0.1, -0.05) is 25.4 Å². The molecule has 0 aromatic carbocycles. The highest BCUT2D eigenvalue weighted by molar-refractivity contribution is 9.10. The van der Waals surface area contributed by atoms with Crippen LogP contribution in [0.5, 0.6) is 0 Å². The van der Waals surface area contributed by atoms with Crippen molar-refractivity contribution in [3.63, 3.8) is 0 Å². The first kappa shape index (κ1) is 13.9. The van der Waals surface area contributed by atoms with Crippen LogP contribution in [0.1, 0.15) is 13.8 Å². The second kappa shape index (κ2) is 5.44. The van der Waals surface area contributed by atoms with Gasteiger partial charge in [0.2, 0.25) is 10.0 Å². The molecule has 4 nitrogen and oxygen atoms in total. The fraction of sp³-hybridized carbons (Fsp3) is 0.444. The Bertz CT molecular complexity index is 474. The molecule has 1 aromatic rings. The molecule has 0 radical (unpaired) electrons. The van der Waals surface area contributed by atoms with Gasteiger partial charge in [-0.25, -0.2) is 13.4 Å². The molecule has 0 aliphatic carbocycles. The van der Waals surface area contributed by atoms with Crippen LogP contribution in [0.15, 0.2) is 21.6 Å². The Balaban J connectivity index is 3.22. The third-order valence-corrected chi connectivity index (χ3v) is 5.26. The van der Waals surface area contributed by atoms with E-state index in [1.54, 1.807) is 13.8 Å². The number of rotatable bonds is 4. The molecular formula is C9H12BrClN2O2S. The SMILES string of the molecule is CCN(CC)S(=O)(=O)c1cnc(Cl)c(Br)c1. The minimum absolute atomic E-state index is 0.146. The molecule has 0 bridgehead atoms. The molecule has 0 unspecified atom stereocenters. The van der Waals surface area contributed by atoms with Crippen LogP contribution in [0, 0.1) is 0 Å². The topological polar surface area (TPSA) is 50.3 Å². The summed E-state index contributed by atoms with van der Waals surface area (Å²) in [5.41, 5.74) is 0. The summed E-state index contributed by atoms with van der Waals surface area (Å²) < 4.78 is 26.0. The van der Waals surface area contributed by atoms with E-state index in [0.717, 1.165) is 0 Å². The molecule has 0 amide bonds. The van der Waals surface area contributed by atoms with Crippen molar-refractivity contribution in [2.75, 3.05) is 13.1 Å². The maximum absolute atomic E-state index is 12.1. The van der Waals surface area contributed by atoms with Gasteiger partial charge < -0.3 is 0 Å². The number of hydrogen-bond donors (Lipinski definition) is 0. The molecule has 0 N–H and O–H groups in total. The number of halogens is 2. The van der Waals surface area contributed by atoms with Crippen LogP contribution in [0.2, 0.25) is 5.15 Å². The van der Waals surface area contributed by atoms with Gasteiger partial charge in [-0.2, -0.15) is 4.31 Å². The summed E-state index contributed by atoms with van der Waals surface area (Å²) in [5, 5.41) is 0.249. The maximum Gasteiger partial charge on any atom is 0.244 e. The molecule has 0 aliphatic heterocycles. The molecule has 0 saturated carbocycles. The molecule has 1 rings (SSSR count). The largest absolute Gasteiger partial charge is 0.244 e. The lowest BCUT2D eigenvalue weighted by Crippen LogP contribution is -2.30. The maximum atomic E-state index is 12.1. The van der Waals surface area contributed by atoms with Crippen LogP contribution >= 0.6 is 27.5 Å². The second-order valence-corrected chi connectivity index (χ2v) is 6.18. The average molecular weight is 328 g/mol. The fourth-order valence-corrected chi connectivity index (χ4v) is 3.29. The third-order valence-electron chi connectivity index (χ3n) is 2.11. The van der Waals surface area contributed by atoms with Crippen molar-refractivity contribution >= 4 is 37.6 Å². The van der Waals surface area contributed by atoms with Crippen molar-refractivity contribution in [1.82, 2.24) is 9.29 Å². The van der Waals surface area contributed by atoms with Crippen LogP contribution in [0.3, 0.4) is 0 Å². The smallest absolute Gasteiger partial charge is 0.242 e. The summed E-state index contributed by atoms with van der Waals surface area (Å²) in [5.74, 6) is 0. The summed E-state index contributed by atoms with van der Waals surface area (Å²) in [6.45, 7) is 4.44. The van der Waals surface area contributed by atoms with Crippen LogP contribution in [-0.2, 0) is 10.0 Å². The lowest BCUT2D eigenvalue weighted by molar-refractivity contribution is 0.445. The van der Waals surface area contributed by atoms with Crippen molar-refractivity contribution < 1.29 is 8.42 Å². The normalized spacial score (nSPS) is 12.1. The number of pyridine rings is 1. The van der Waals surface area contributed by atoms with Gasteiger partial charge in [-0.3, -0.25) is 0 Å². The van der Waals surface area contributed by atoms with E-state index >= 15 is 0 Å². The molecule has 0 aliphatic rings. The van der Waals surface area contributed by atoms with E-state index in [9.17, 15) is 8.42 Å². The highest BCUT2D eigenvalue weighted by atomic mass is 79.9. The van der Waals surface area contributed by atoms with E-state index in [4.69, 9.17) is 11.6 Å². The van der Waals surface area contributed by atoms with Gasteiger partial charge in [0.05, 0.1) is 4.47 Å². The second-order valence-electron chi connectivity index (χ2n) is 3.03. The average Bonchev–Trinajstić information content (AvgIpc) is 2.23. The van der Waals surface area contributed by atoms with Gasteiger partial charge in [0.1, 0.15) is 10.0 Å². The zero-order chi connectivity index (χ0) is 12.3. The standard InChI is InChI=1S/C9H12BrClN2O2S/c1-3-13(4-2)16(14,15)7-5-8(10)9(11)12-6-7/h5-6H,3-4H2,1-2H3. The van der Waals surface area contributed by atoms with Gasteiger partial charge >= 0.3 is 0 Å². The highest BCUT2D eigenvalue weighted by Crippen LogP contribution is 2.24. The monoisotopic (exact) mass is 326 g/mol. The fourth-order valence-electron chi connectivity index (χ4n) is 1.26. The van der Waals surface area contributed by atoms with Crippen LogP contribution < -0.4 is 0 Å². The van der Waals surface area contributed by atoms with Gasteiger partial charge in [-0.05, 0) is 22.0 Å². The molecule has 0 fully saturated rings.